The minimum Gasteiger partial charge on any atom is -0.279 e. The molecule has 0 fully saturated rings. The molecule has 2 heterocycles. The second-order valence-corrected chi connectivity index (χ2v) is 2.38. The molecule has 0 radical (unpaired) electrons. The summed E-state index contributed by atoms with van der Waals surface area (Å²) in [6.45, 7) is 0. The van der Waals surface area contributed by atoms with Crippen LogP contribution in [0.25, 0.3) is 11.0 Å². The summed E-state index contributed by atoms with van der Waals surface area (Å²) in [6.07, 6.45) is 1.65. The van der Waals surface area contributed by atoms with Gasteiger partial charge in [-0.1, -0.05) is 0 Å². The summed E-state index contributed by atoms with van der Waals surface area (Å²) in [5.41, 5.74) is 0.605. The predicted molar refractivity (Wildman–Crippen MR) is 41.3 cm³/mol. The lowest BCUT2D eigenvalue weighted by Gasteiger charge is -1.82. The number of aromatic nitrogens is 3. The van der Waals surface area contributed by atoms with E-state index in [4.69, 9.17) is 0 Å². The molecule has 0 atom stereocenters. The Hall–Kier alpha value is -1.58. The molecule has 0 aliphatic carbocycles. The summed E-state index contributed by atoms with van der Waals surface area (Å²) in [5, 5.41) is 3.45. The fourth-order valence-corrected chi connectivity index (χ4v) is 1.06. The summed E-state index contributed by atoms with van der Waals surface area (Å²) in [5.74, 6) is 0. The zero-order valence-electron chi connectivity index (χ0n) is 6.03. The van der Waals surface area contributed by atoms with Crippen molar-refractivity contribution >= 4 is 11.0 Å². The van der Waals surface area contributed by atoms with Gasteiger partial charge in [-0.05, 0) is 12.1 Å². The van der Waals surface area contributed by atoms with E-state index in [9.17, 15) is 4.79 Å². The van der Waals surface area contributed by atoms with Gasteiger partial charge in [-0.15, -0.1) is 0 Å². The van der Waals surface area contributed by atoms with Crippen LogP contribution in [0.5, 0.6) is 0 Å². The van der Waals surface area contributed by atoms with E-state index in [1.807, 2.05) is 0 Å². The molecule has 4 heteroatoms. The molecular formula is C7H7N3O. The number of H-pyrrole nitrogens is 1. The van der Waals surface area contributed by atoms with Crippen LogP contribution in [-0.2, 0) is 7.05 Å². The molecule has 0 saturated heterocycles. The average molecular weight is 149 g/mol. The Morgan fingerprint density at radius 2 is 2.45 bits per heavy atom. The molecule has 2 aromatic heterocycles. The van der Waals surface area contributed by atoms with Crippen molar-refractivity contribution in [1.82, 2.24) is 14.8 Å². The minimum absolute atomic E-state index is 0.0342. The topological polar surface area (TPSA) is 50.7 Å². The van der Waals surface area contributed by atoms with Crippen LogP contribution in [0.1, 0.15) is 0 Å². The first-order valence-corrected chi connectivity index (χ1v) is 3.29. The molecule has 4 nitrogen and oxygen atoms in total. The fourth-order valence-electron chi connectivity index (χ4n) is 1.06. The second-order valence-electron chi connectivity index (χ2n) is 2.38. The smallest absolute Gasteiger partial charge is 0.275 e. The highest BCUT2D eigenvalue weighted by Crippen LogP contribution is 1.99. The van der Waals surface area contributed by atoms with Crippen LogP contribution >= 0.6 is 0 Å². The van der Waals surface area contributed by atoms with E-state index in [1.54, 1.807) is 25.4 Å². The Bertz CT molecular complexity index is 440. The number of hydrogen-bond donors (Lipinski definition) is 1. The zero-order valence-corrected chi connectivity index (χ0v) is 6.03. The molecule has 11 heavy (non-hydrogen) atoms. The zero-order chi connectivity index (χ0) is 7.84. The van der Waals surface area contributed by atoms with Crippen molar-refractivity contribution in [1.29, 1.82) is 0 Å². The van der Waals surface area contributed by atoms with Crippen molar-refractivity contribution in [2.75, 3.05) is 0 Å². The van der Waals surface area contributed by atoms with E-state index in [0.717, 1.165) is 0 Å². The number of nitrogens with one attached hydrogen (secondary N) is 1. The van der Waals surface area contributed by atoms with Gasteiger partial charge in [0.2, 0.25) is 0 Å². The third-order valence-corrected chi connectivity index (χ3v) is 1.62. The molecule has 0 aliphatic heterocycles. The van der Waals surface area contributed by atoms with E-state index < -0.39 is 0 Å². The Morgan fingerprint density at radius 3 is 3.18 bits per heavy atom. The highest BCUT2D eigenvalue weighted by Gasteiger charge is 2.01. The van der Waals surface area contributed by atoms with Gasteiger partial charge in [-0.2, -0.15) is 0 Å². The van der Waals surface area contributed by atoms with Gasteiger partial charge >= 0.3 is 0 Å². The molecule has 0 saturated carbocycles. The van der Waals surface area contributed by atoms with Crippen molar-refractivity contribution < 1.29 is 0 Å². The maximum Gasteiger partial charge on any atom is 0.275 e. The van der Waals surface area contributed by atoms with Gasteiger partial charge in [-0.3, -0.25) is 14.6 Å². The molecule has 0 aromatic carbocycles. The average Bonchev–Trinajstić information content (AvgIpc) is 2.30. The van der Waals surface area contributed by atoms with E-state index >= 15 is 0 Å². The second kappa shape index (κ2) is 1.95. The van der Waals surface area contributed by atoms with E-state index in [1.165, 1.54) is 4.68 Å². The maximum atomic E-state index is 11.2. The number of nitrogens with zero attached hydrogens (tertiary/aromatic N) is 2. The summed E-state index contributed by atoms with van der Waals surface area (Å²) < 4.78 is 1.41. The monoisotopic (exact) mass is 149 g/mol. The molecule has 0 unspecified atom stereocenters. The fraction of sp³-hybridized carbons (Fsp3) is 0.143. The van der Waals surface area contributed by atoms with Gasteiger partial charge in [0, 0.05) is 13.2 Å². The number of pyridine rings is 1. The molecule has 2 aromatic rings. The summed E-state index contributed by atoms with van der Waals surface area (Å²) in [6, 6.07) is 3.50. The maximum absolute atomic E-state index is 11.2. The number of aryl methyl sites for hydroxylation is 1. The molecule has 0 bridgehead atoms. The number of rotatable bonds is 0. The van der Waals surface area contributed by atoms with Gasteiger partial charge in [0.1, 0.15) is 0 Å². The Balaban J connectivity index is 3.04. The lowest BCUT2D eigenvalue weighted by molar-refractivity contribution is 0.748. The first-order chi connectivity index (χ1) is 5.29. The first-order valence-electron chi connectivity index (χ1n) is 3.29. The van der Waals surface area contributed by atoms with Gasteiger partial charge in [0.25, 0.3) is 5.56 Å². The number of hydrogen-bond acceptors (Lipinski definition) is 2. The quantitative estimate of drug-likeness (QED) is 0.584. The molecule has 2 rings (SSSR count). The summed E-state index contributed by atoms with van der Waals surface area (Å²) >= 11 is 0. The predicted octanol–water partition coefficient (Wildman–Crippen LogP) is 0.262. The highest BCUT2D eigenvalue weighted by atomic mass is 16.1. The lowest BCUT2D eigenvalue weighted by atomic mass is 10.4. The van der Waals surface area contributed by atoms with Crippen molar-refractivity contribution in [3.05, 3.63) is 28.7 Å². The highest BCUT2D eigenvalue weighted by molar-refractivity contribution is 5.72. The third-order valence-electron chi connectivity index (χ3n) is 1.62. The molecular weight excluding hydrogens is 142 g/mol. The normalized spacial score (nSPS) is 10.6. The van der Waals surface area contributed by atoms with Crippen molar-refractivity contribution in [2.45, 2.75) is 0 Å². The third kappa shape index (κ3) is 0.756. The van der Waals surface area contributed by atoms with Gasteiger partial charge in [-0.25, -0.2) is 4.98 Å². The van der Waals surface area contributed by atoms with Gasteiger partial charge < -0.3 is 0 Å². The molecule has 0 spiro atoms. The minimum atomic E-state index is -0.0342. The van der Waals surface area contributed by atoms with Crippen LogP contribution in [0.2, 0.25) is 0 Å². The SMILES string of the molecule is Cn1[nH]c2ncccc2c1=O. The van der Waals surface area contributed by atoms with Crippen molar-refractivity contribution in [2.24, 2.45) is 7.05 Å². The van der Waals surface area contributed by atoms with Crippen LogP contribution in [0.3, 0.4) is 0 Å². The largest absolute Gasteiger partial charge is 0.279 e. The van der Waals surface area contributed by atoms with Crippen molar-refractivity contribution in [3.8, 4) is 0 Å². The van der Waals surface area contributed by atoms with Gasteiger partial charge in [0.15, 0.2) is 5.65 Å². The molecule has 56 valence electrons. The standard InChI is InChI=1S/C7H7N3O/c1-10-7(11)5-3-2-4-8-6(5)9-10/h2-4H,1H3,(H,8,9). The summed E-state index contributed by atoms with van der Waals surface area (Å²) in [7, 11) is 1.67. The molecule has 1 N–H and O–H groups in total. The van der Waals surface area contributed by atoms with E-state index in [0.29, 0.717) is 11.0 Å². The number of aromatic amines is 1. The Morgan fingerprint density at radius 1 is 1.64 bits per heavy atom. The van der Waals surface area contributed by atoms with Crippen LogP contribution in [-0.4, -0.2) is 14.8 Å². The van der Waals surface area contributed by atoms with Crippen LogP contribution in [0, 0.1) is 0 Å². The number of fused-ring (bicyclic) bond motifs is 1. The van der Waals surface area contributed by atoms with E-state index in [-0.39, 0.29) is 5.56 Å². The molecule has 0 aliphatic rings. The van der Waals surface area contributed by atoms with Gasteiger partial charge in [0.05, 0.1) is 5.39 Å². The van der Waals surface area contributed by atoms with E-state index in [2.05, 4.69) is 10.1 Å². The van der Waals surface area contributed by atoms with Crippen LogP contribution in [0.4, 0.5) is 0 Å². The van der Waals surface area contributed by atoms with Crippen LogP contribution in [0.15, 0.2) is 23.1 Å². The van der Waals surface area contributed by atoms with Crippen LogP contribution < -0.4 is 5.56 Å². The summed E-state index contributed by atoms with van der Waals surface area (Å²) in [4.78, 5) is 15.2. The molecule has 0 amide bonds. The lowest BCUT2D eigenvalue weighted by Crippen LogP contribution is -2.10. The Labute approximate surface area is 62.5 Å². The Kier molecular flexibility index (Phi) is 1.09. The first kappa shape index (κ1) is 6.15. The van der Waals surface area contributed by atoms with Crippen molar-refractivity contribution in [3.63, 3.8) is 0 Å².